The zero-order chi connectivity index (χ0) is 28.3. The molecule has 0 amide bonds. The molecule has 4 rings (SSSR count). The number of fused-ring (bicyclic) bond motifs is 1. The number of rotatable bonds is 9. The highest BCUT2D eigenvalue weighted by Gasteiger charge is 2.27. The average molecular weight is 555 g/mol. The van der Waals surface area contributed by atoms with E-state index in [1.165, 1.54) is 12.5 Å². The van der Waals surface area contributed by atoms with Crippen LogP contribution in [0.5, 0.6) is 0 Å². The number of aliphatic imine (C=N–C) groups is 1. The fourth-order valence-corrected chi connectivity index (χ4v) is 4.95. The summed E-state index contributed by atoms with van der Waals surface area (Å²) in [6, 6.07) is 8.36. The number of carbonyl (C=O) groups excluding carboxylic acids is 1. The number of amidine groups is 2. The Kier molecular flexibility index (Phi) is 7.67. The van der Waals surface area contributed by atoms with E-state index in [0.717, 1.165) is 12.1 Å². The molecule has 2 aromatic carbocycles. The molecule has 11 nitrogen and oxygen atoms in total. The number of aromatic amines is 1. The second-order valence-electron chi connectivity index (χ2n) is 8.49. The first-order chi connectivity index (χ1) is 18.5. The first-order valence-corrected chi connectivity index (χ1v) is 13.3. The molecule has 0 fully saturated rings. The first kappa shape index (κ1) is 27.3. The number of anilines is 3. The lowest BCUT2D eigenvalue weighted by Crippen LogP contribution is -2.18. The van der Waals surface area contributed by atoms with Crippen molar-refractivity contribution in [3.63, 3.8) is 0 Å². The minimum atomic E-state index is -3.90. The highest BCUT2D eigenvalue weighted by atomic mass is 32.2. The number of H-pyrrole nitrogens is 1. The number of benzene rings is 2. The Labute approximate surface area is 222 Å². The van der Waals surface area contributed by atoms with E-state index >= 15 is 4.39 Å². The quantitative estimate of drug-likeness (QED) is 0.118. The van der Waals surface area contributed by atoms with Gasteiger partial charge in [-0.05, 0) is 37.6 Å². The third-order valence-corrected chi connectivity index (χ3v) is 6.93. The van der Waals surface area contributed by atoms with Gasteiger partial charge in [-0.15, -0.1) is 0 Å². The molecule has 2 heterocycles. The van der Waals surface area contributed by atoms with Crippen LogP contribution in [-0.2, 0) is 10.0 Å². The Balaban J connectivity index is 1.75. The van der Waals surface area contributed by atoms with Crippen molar-refractivity contribution >= 4 is 55.7 Å². The van der Waals surface area contributed by atoms with Gasteiger partial charge in [-0.3, -0.25) is 14.9 Å². The molecule has 14 heteroatoms. The molecule has 0 bridgehead atoms. The highest BCUT2D eigenvalue weighted by Crippen LogP contribution is 2.31. The predicted octanol–water partition coefficient (Wildman–Crippen LogP) is 4.06. The number of halogens is 2. The van der Waals surface area contributed by atoms with Crippen LogP contribution in [0.2, 0.25) is 0 Å². The lowest BCUT2D eigenvalue weighted by molar-refractivity contribution is 0.103. The molecule has 4 aromatic rings. The van der Waals surface area contributed by atoms with E-state index < -0.39 is 38.7 Å². The molecule has 0 aliphatic rings. The molecule has 0 saturated carbocycles. The van der Waals surface area contributed by atoms with Crippen molar-refractivity contribution in [2.24, 2.45) is 10.7 Å². The Morgan fingerprint density at radius 1 is 1.21 bits per heavy atom. The van der Waals surface area contributed by atoms with E-state index in [1.807, 2.05) is 0 Å². The molecule has 0 aliphatic heterocycles. The summed E-state index contributed by atoms with van der Waals surface area (Å²) >= 11 is 0. The number of hydrogen-bond donors (Lipinski definition) is 5. The Bertz CT molecular complexity index is 1730. The molecule has 0 unspecified atom stereocenters. The van der Waals surface area contributed by atoms with Gasteiger partial charge in [-0.1, -0.05) is 19.1 Å². The van der Waals surface area contributed by atoms with Crippen LogP contribution < -0.4 is 15.8 Å². The van der Waals surface area contributed by atoms with Gasteiger partial charge in [-0.2, -0.15) is 0 Å². The minimum absolute atomic E-state index is 0.0654. The van der Waals surface area contributed by atoms with E-state index in [1.54, 1.807) is 38.1 Å². The highest BCUT2D eigenvalue weighted by molar-refractivity contribution is 7.92. The monoisotopic (exact) mass is 554 g/mol. The maximum atomic E-state index is 15.3. The maximum absolute atomic E-state index is 15.3. The number of aromatic nitrogens is 3. The van der Waals surface area contributed by atoms with Crippen molar-refractivity contribution < 1.29 is 22.0 Å². The lowest BCUT2D eigenvalue weighted by atomic mass is 10.0. The maximum Gasteiger partial charge on any atom is 0.232 e. The summed E-state index contributed by atoms with van der Waals surface area (Å²) in [6.45, 7) is 3.19. The molecule has 39 heavy (non-hydrogen) atoms. The third-order valence-electron chi connectivity index (χ3n) is 5.46. The van der Waals surface area contributed by atoms with E-state index in [9.17, 15) is 17.6 Å². The van der Waals surface area contributed by atoms with Gasteiger partial charge in [0, 0.05) is 17.4 Å². The largest absolute Gasteiger partial charge is 0.387 e. The summed E-state index contributed by atoms with van der Waals surface area (Å²) < 4.78 is 56.4. The molecular formula is C25H24F2N8O3S. The number of hydrogen-bond acceptors (Lipinski definition) is 7. The van der Waals surface area contributed by atoms with Crippen LogP contribution in [0, 0.1) is 17.0 Å². The second kappa shape index (κ2) is 10.9. The molecule has 0 aliphatic carbocycles. The van der Waals surface area contributed by atoms with Crippen LogP contribution in [0.15, 0.2) is 53.9 Å². The van der Waals surface area contributed by atoms with Gasteiger partial charge in [0.2, 0.25) is 15.8 Å². The molecule has 0 radical (unpaired) electrons. The van der Waals surface area contributed by atoms with Crippen LogP contribution in [0.25, 0.3) is 11.0 Å². The lowest BCUT2D eigenvalue weighted by Gasteiger charge is -2.12. The van der Waals surface area contributed by atoms with Crippen molar-refractivity contribution in [2.75, 3.05) is 15.8 Å². The zero-order valence-corrected chi connectivity index (χ0v) is 21.7. The summed E-state index contributed by atoms with van der Waals surface area (Å²) in [4.78, 5) is 28.4. The average Bonchev–Trinajstić information content (AvgIpc) is 3.31. The minimum Gasteiger partial charge on any atom is -0.387 e. The van der Waals surface area contributed by atoms with E-state index in [-0.39, 0.29) is 46.3 Å². The topological polar surface area (TPSA) is 179 Å². The fourth-order valence-electron chi connectivity index (χ4n) is 3.82. The second-order valence-corrected chi connectivity index (χ2v) is 10.3. The SMILES string of the molecule is CCCS(=O)(=O)Nc1ccc(F)c(C(=O)c2c[nH]c3ncnc(Nc4cccc(C(=N)N=C(C)N)c4)c23)c1F. The van der Waals surface area contributed by atoms with Gasteiger partial charge in [0.05, 0.1) is 33.8 Å². The molecule has 0 saturated heterocycles. The van der Waals surface area contributed by atoms with Crippen molar-refractivity contribution in [1.82, 2.24) is 15.0 Å². The smallest absolute Gasteiger partial charge is 0.232 e. The van der Waals surface area contributed by atoms with E-state index in [2.05, 4.69) is 30.0 Å². The van der Waals surface area contributed by atoms with Crippen LogP contribution >= 0.6 is 0 Å². The van der Waals surface area contributed by atoms with E-state index in [4.69, 9.17) is 11.1 Å². The number of nitrogens with two attached hydrogens (primary N) is 1. The van der Waals surface area contributed by atoms with E-state index in [0.29, 0.717) is 11.3 Å². The summed E-state index contributed by atoms with van der Waals surface area (Å²) in [7, 11) is -3.90. The van der Waals surface area contributed by atoms with Gasteiger partial charge < -0.3 is 16.0 Å². The number of ketones is 1. The number of sulfonamides is 1. The zero-order valence-electron chi connectivity index (χ0n) is 20.8. The normalized spacial score (nSPS) is 11.9. The molecule has 2 aromatic heterocycles. The van der Waals surface area contributed by atoms with Crippen LogP contribution in [0.1, 0.15) is 41.8 Å². The van der Waals surface area contributed by atoms with Gasteiger partial charge >= 0.3 is 0 Å². The third kappa shape index (κ3) is 5.90. The van der Waals surface area contributed by atoms with Crippen LogP contribution in [0.4, 0.5) is 26.0 Å². The standard InChI is InChI=1S/C25H24F2N8O3S/c1-3-9-39(37,38)35-18-8-7-17(26)20(21(18)27)22(36)16-11-30-24-19(16)25(32-12-31-24)34-15-6-4-5-14(10-15)23(29)33-13(2)28/h4-8,10-12,35H,3,9H2,1-2H3,(H3,28,29,33)(H2,30,31,32,34). The number of nitrogens with one attached hydrogen (secondary N) is 4. The van der Waals surface area contributed by atoms with Crippen molar-refractivity contribution in [3.8, 4) is 0 Å². The molecule has 0 atom stereocenters. The van der Waals surface area contributed by atoms with Crippen molar-refractivity contribution in [2.45, 2.75) is 20.3 Å². The summed E-state index contributed by atoms with van der Waals surface area (Å²) in [5.41, 5.74) is 5.08. The van der Waals surface area contributed by atoms with Gasteiger partial charge in [0.15, 0.2) is 11.7 Å². The van der Waals surface area contributed by atoms with Gasteiger partial charge in [0.25, 0.3) is 0 Å². The van der Waals surface area contributed by atoms with Gasteiger partial charge in [0.1, 0.15) is 23.6 Å². The number of nitrogens with zero attached hydrogens (tertiary/aromatic N) is 3. The number of carbonyl (C=O) groups is 1. The Hall–Kier alpha value is -4.72. The molecule has 202 valence electrons. The first-order valence-electron chi connectivity index (χ1n) is 11.6. The predicted molar refractivity (Wildman–Crippen MR) is 145 cm³/mol. The van der Waals surface area contributed by atoms with Crippen LogP contribution in [0.3, 0.4) is 0 Å². The summed E-state index contributed by atoms with van der Waals surface area (Å²) in [5, 5.41) is 11.3. The summed E-state index contributed by atoms with van der Waals surface area (Å²) in [6.07, 6.45) is 2.75. The molecule has 6 N–H and O–H groups in total. The van der Waals surface area contributed by atoms with Crippen LogP contribution in [-0.4, -0.2) is 46.6 Å². The molecule has 0 spiro atoms. The van der Waals surface area contributed by atoms with Crippen molar-refractivity contribution in [3.05, 3.63) is 77.2 Å². The summed E-state index contributed by atoms with van der Waals surface area (Å²) in [5.74, 6) is -3.54. The van der Waals surface area contributed by atoms with Gasteiger partial charge in [-0.25, -0.2) is 32.2 Å². The fraction of sp³-hybridized carbons (Fsp3) is 0.160. The molecular weight excluding hydrogens is 530 g/mol. The Morgan fingerprint density at radius 2 is 1.97 bits per heavy atom. The Morgan fingerprint density at radius 3 is 2.69 bits per heavy atom. The van der Waals surface area contributed by atoms with Crippen molar-refractivity contribution in [1.29, 1.82) is 5.41 Å².